The zero-order valence-electron chi connectivity index (χ0n) is 14.9. The van der Waals surface area contributed by atoms with E-state index in [-0.39, 0.29) is 12.5 Å². The quantitative estimate of drug-likeness (QED) is 0.716. The molecular weight excluding hydrogens is 334 g/mol. The summed E-state index contributed by atoms with van der Waals surface area (Å²) in [6.07, 6.45) is 0. The van der Waals surface area contributed by atoms with Gasteiger partial charge in [0.1, 0.15) is 5.75 Å². The normalized spacial score (nSPS) is 9.96. The molecule has 0 aliphatic rings. The van der Waals surface area contributed by atoms with Gasteiger partial charge in [-0.1, -0.05) is 12.1 Å². The SMILES string of the molecule is CC(=O)Nc1ccc(C(=O)NNC(=O)COc2cc(C)ccc2C)cc1. The highest BCUT2D eigenvalue weighted by Crippen LogP contribution is 2.18. The maximum absolute atomic E-state index is 12.0. The minimum atomic E-state index is -0.478. The van der Waals surface area contributed by atoms with Crippen molar-refractivity contribution < 1.29 is 19.1 Å². The molecule has 0 spiro atoms. The molecular formula is C19H21N3O4. The molecule has 3 N–H and O–H groups in total. The van der Waals surface area contributed by atoms with E-state index in [1.807, 2.05) is 32.0 Å². The predicted octanol–water partition coefficient (Wildman–Crippen LogP) is 2.10. The smallest absolute Gasteiger partial charge is 0.276 e. The Bertz CT molecular complexity index is 816. The van der Waals surface area contributed by atoms with Gasteiger partial charge in [0.2, 0.25) is 5.91 Å². The fourth-order valence-electron chi connectivity index (χ4n) is 2.15. The third kappa shape index (κ3) is 5.62. The molecule has 0 aliphatic carbocycles. The number of nitrogens with one attached hydrogen (secondary N) is 3. The molecule has 0 unspecified atom stereocenters. The first kappa shape index (κ1) is 19.0. The van der Waals surface area contributed by atoms with Gasteiger partial charge in [-0.3, -0.25) is 25.2 Å². The minimum Gasteiger partial charge on any atom is -0.483 e. The number of hydrogen-bond acceptors (Lipinski definition) is 4. The van der Waals surface area contributed by atoms with E-state index in [0.717, 1.165) is 11.1 Å². The number of carbonyl (C=O) groups excluding carboxylic acids is 3. The summed E-state index contributed by atoms with van der Waals surface area (Å²) in [4.78, 5) is 34.8. The van der Waals surface area contributed by atoms with Gasteiger partial charge < -0.3 is 10.1 Å². The lowest BCUT2D eigenvalue weighted by Gasteiger charge is -2.11. The monoisotopic (exact) mass is 355 g/mol. The van der Waals surface area contributed by atoms with Crippen molar-refractivity contribution in [2.75, 3.05) is 11.9 Å². The number of rotatable bonds is 5. The number of hydrazine groups is 1. The van der Waals surface area contributed by atoms with Gasteiger partial charge in [-0.05, 0) is 55.3 Å². The van der Waals surface area contributed by atoms with Crippen LogP contribution in [0.2, 0.25) is 0 Å². The first-order chi connectivity index (χ1) is 12.3. The lowest BCUT2D eigenvalue weighted by atomic mass is 10.1. The fraction of sp³-hybridized carbons (Fsp3) is 0.211. The highest BCUT2D eigenvalue weighted by Gasteiger charge is 2.09. The van der Waals surface area contributed by atoms with Gasteiger partial charge in [-0.15, -0.1) is 0 Å². The summed E-state index contributed by atoms with van der Waals surface area (Å²) in [5.41, 5.74) is 7.49. The van der Waals surface area contributed by atoms with Crippen molar-refractivity contribution in [2.45, 2.75) is 20.8 Å². The second-order valence-electron chi connectivity index (χ2n) is 5.82. The molecule has 26 heavy (non-hydrogen) atoms. The molecule has 2 rings (SSSR count). The van der Waals surface area contributed by atoms with Crippen molar-refractivity contribution in [1.29, 1.82) is 0 Å². The van der Waals surface area contributed by atoms with E-state index in [0.29, 0.717) is 17.0 Å². The van der Waals surface area contributed by atoms with E-state index in [1.165, 1.54) is 6.92 Å². The van der Waals surface area contributed by atoms with Gasteiger partial charge in [0, 0.05) is 18.2 Å². The molecule has 0 aromatic heterocycles. The molecule has 0 aliphatic heterocycles. The number of ether oxygens (including phenoxy) is 1. The average molecular weight is 355 g/mol. The molecule has 0 radical (unpaired) electrons. The van der Waals surface area contributed by atoms with Gasteiger partial charge in [0.05, 0.1) is 0 Å². The Morgan fingerprint density at radius 3 is 2.31 bits per heavy atom. The molecule has 0 saturated carbocycles. The Morgan fingerprint density at radius 2 is 1.65 bits per heavy atom. The Hall–Kier alpha value is -3.35. The average Bonchev–Trinajstić information content (AvgIpc) is 2.60. The number of benzene rings is 2. The van der Waals surface area contributed by atoms with Crippen LogP contribution in [0.15, 0.2) is 42.5 Å². The van der Waals surface area contributed by atoms with Crippen molar-refractivity contribution in [3.05, 3.63) is 59.2 Å². The molecule has 0 atom stereocenters. The maximum atomic E-state index is 12.0. The largest absolute Gasteiger partial charge is 0.483 e. The van der Waals surface area contributed by atoms with Gasteiger partial charge in [-0.2, -0.15) is 0 Å². The Labute approximate surface area is 151 Å². The van der Waals surface area contributed by atoms with E-state index in [4.69, 9.17) is 4.74 Å². The molecule has 2 aromatic rings. The van der Waals surface area contributed by atoms with Gasteiger partial charge in [-0.25, -0.2) is 0 Å². The third-order valence-corrected chi connectivity index (χ3v) is 3.49. The molecule has 0 saturated heterocycles. The van der Waals surface area contributed by atoms with E-state index in [9.17, 15) is 14.4 Å². The van der Waals surface area contributed by atoms with Crippen LogP contribution in [0.4, 0.5) is 5.69 Å². The molecule has 0 heterocycles. The summed E-state index contributed by atoms with van der Waals surface area (Å²) in [5, 5.41) is 2.60. The van der Waals surface area contributed by atoms with Crippen LogP contribution >= 0.6 is 0 Å². The van der Waals surface area contributed by atoms with Crippen LogP contribution in [-0.2, 0) is 9.59 Å². The van der Waals surface area contributed by atoms with Gasteiger partial charge >= 0.3 is 0 Å². The van der Waals surface area contributed by atoms with Crippen molar-refractivity contribution in [3.8, 4) is 5.75 Å². The highest BCUT2D eigenvalue weighted by molar-refractivity contribution is 5.96. The summed E-state index contributed by atoms with van der Waals surface area (Å²) in [5.74, 6) is -0.521. The maximum Gasteiger partial charge on any atom is 0.276 e. The van der Waals surface area contributed by atoms with Crippen LogP contribution in [0.5, 0.6) is 5.75 Å². The Kier molecular flexibility index (Phi) is 6.32. The number of carbonyl (C=O) groups is 3. The summed E-state index contributed by atoms with van der Waals surface area (Å²) in [7, 11) is 0. The van der Waals surface area contributed by atoms with Crippen LogP contribution in [0, 0.1) is 13.8 Å². The van der Waals surface area contributed by atoms with E-state index >= 15 is 0 Å². The Balaban J connectivity index is 1.82. The highest BCUT2D eigenvalue weighted by atomic mass is 16.5. The van der Waals surface area contributed by atoms with Crippen LogP contribution < -0.4 is 20.9 Å². The fourth-order valence-corrected chi connectivity index (χ4v) is 2.15. The third-order valence-electron chi connectivity index (χ3n) is 3.49. The summed E-state index contributed by atoms with van der Waals surface area (Å²) >= 11 is 0. The second-order valence-corrected chi connectivity index (χ2v) is 5.82. The molecule has 2 aromatic carbocycles. The van der Waals surface area contributed by atoms with Crippen LogP contribution in [0.25, 0.3) is 0 Å². The van der Waals surface area contributed by atoms with E-state index in [2.05, 4.69) is 16.2 Å². The van der Waals surface area contributed by atoms with Crippen LogP contribution in [0.3, 0.4) is 0 Å². The molecule has 136 valence electrons. The first-order valence-electron chi connectivity index (χ1n) is 8.02. The van der Waals surface area contributed by atoms with Crippen LogP contribution in [0.1, 0.15) is 28.4 Å². The Morgan fingerprint density at radius 1 is 0.962 bits per heavy atom. The van der Waals surface area contributed by atoms with E-state index in [1.54, 1.807) is 24.3 Å². The number of aryl methyl sites for hydroxylation is 2. The zero-order valence-corrected chi connectivity index (χ0v) is 14.9. The molecule has 7 heteroatoms. The van der Waals surface area contributed by atoms with Crippen molar-refractivity contribution in [3.63, 3.8) is 0 Å². The van der Waals surface area contributed by atoms with Crippen LogP contribution in [-0.4, -0.2) is 24.3 Å². The summed E-state index contributed by atoms with van der Waals surface area (Å²) in [6.45, 7) is 5.01. The summed E-state index contributed by atoms with van der Waals surface area (Å²) < 4.78 is 5.47. The van der Waals surface area contributed by atoms with Gasteiger partial charge in [0.25, 0.3) is 11.8 Å². The van der Waals surface area contributed by atoms with Crippen molar-refractivity contribution in [2.24, 2.45) is 0 Å². The second kappa shape index (κ2) is 8.66. The lowest BCUT2D eigenvalue weighted by molar-refractivity contribution is -0.123. The first-order valence-corrected chi connectivity index (χ1v) is 8.02. The molecule has 3 amide bonds. The predicted molar refractivity (Wildman–Crippen MR) is 97.8 cm³/mol. The van der Waals surface area contributed by atoms with Gasteiger partial charge in [0.15, 0.2) is 6.61 Å². The lowest BCUT2D eigenvalue weighted by Crippen LogP contribution is -2.43. The topological polar surface area (TPSA) is 96.5 Å². The minimum absolute atomic E-state index is 0.196. The number of hydrogen-bond donors (Lipinski definition) is 3. The van der Waals surface area contributed by atoms with E-state index < -0.39 is 11.8 Å². The van der Waals surface area contributed by atoms with Crippen molar-refractivity contribution >= 4 is 23.4 Å². The molecule has 7 nitrogen and oxygen atoms in total. The molecule has 0 fully saturated rings. The summed E-state index contributed by atoms with van der Waals surface area (Å²) in [6, 6.07) is 12.0. The van der Waals surface area contributed by atoms with Crippen molar-refractivity contribution in [1.82, 2.24) is 10.9 Å². The standard InChI is InChI=1S/C19H21N3O4/c1-12-4-5-13(2)17(10-12)26-11-18(24)21-22-19(25)15-6-8-16(9-7-15)20-14(3)23/h4-10H,11H2,1-3H3,(H,20,23)(H,21,24)(H,22,25). The zero-order chi connectivity index (χ0) is 19.1. The number of anilines is 1. The number of amides is 3. The molecule has 0 bridgehead atoms.